The van der Waals surface area contributed by atoms with E-state index in [-0.39, 0.29) is 18.0 Å². The molecule has 5 atom stereocenters. The summed E-state index contributed by atoms with van der Waals surface area (Å²) in [4.78, 5) is 13.0. The minimum absolute atomic E-state index is 0.0363. The molecule has 0 radical (unpaired) electrons. The quantitative estimate of drug-likeness (QED) is 0.733. The van der Waals surface area contributed by atoms with Gasteiger partial charge < -0.3 is 5.32 Å². The summed E-state index contributed by atoms with van der Waals surface area (Å²) in [6.07, 6.45) is 11.6. The van der Waals surface area contributed by atoms with E-state index in [1.807, 2.05) is 0 Å². The molecule has 1 amide bonds. The molecule has 25 heavy (non-hydrogen) atoms. The summed E-state index contributed by atoms with van der Waals surface area (Å²) < 4.78 is 0. The summed E-state index contributed by atoms with van der Waals surface area (Å²) in [6, 6.07) is 1.52. The smallest absolute Gasteiger partial charge is 0.227 e. The van der Waals surface area contributed by atoms with Crippen molar-refractivity contribution in [3.63, 3.8) is 0 Å². The maximum atomic E-state index is 13.0. The number of nitrogens with one attached hydrogen (secondary N) is 3. The number of fused-ring (bicyclic) bond motifs is 3. The number of hydrogen-bond donors (Lipinski definition) is 3. The van der Waals surface area contributed by atoms with Gasteiger partial charge in [0.25, 0.3) is 0 Å². The molecule has 3 N–H and O–H groups in total. The number of hydrazine groups is 1. The van der Waals surface area contributed by atoms with Crippen molar-refractivity contribution < 1.29 is 4.79 Å². The number of rotatable bonds is 3. The lowest BCUT2D eigenvalue weighted by molar-refractivity contribution is -0.128. The second-order valence-corrected chi connectivity index (χ2v) is 8.93. The first-order chi connectivity index (χ1) is 12.2. The van der Waals surface area contributed by atoms with Crippen LogP contribution in [0.15, 0.2) is 0 Å². The molecule has 2 aliphatic carbocycles. The summed E-state index contributed by atoms with van der Waals surface area (Å²) in [5.74, 6) is 1.90. The molecule has 142 valence electrons. The number of carbonyl (C=O) groups is 1. The van der Waals surface area contributed by atoms with Crippen LogP contribution in [-0.2, 0) is 4.79 Å². The average Bonchev–Trinajstić information content (AvgIpc) is 3.06. The number of carbonyl (C=O) groups excluding carboxylic acids is 1. The third kappa shape index (κ3) is 3.47. The van der Waals surface area contributed by atoms with E-state index >= 15 is 0 Å². The lowest BCUT2D eigenvalue weighted by atomic mass is 9.77. The van der Waals surface area contributed by atoms with Crippen LogP contribution < -0.4 is 16.1 Å². The van der Waals surface area contributed by atoms with Crippen LogP contribution in [0.4, 0.5) is 0 Å². The molecule has 2 aliphatic heterocycles. The summed E-state index contributed by atoms with van der Waals surface area (Å²) in [5, 5.41) is 9.55. The highest BCUT2D eigenvalue weighted by molar-refractivity contribution is 5.80. The van der Waals surface area contributed by atoms with Gasteiger partial charge in [0.05, 0.1) is 12.1 Å². The zero-order valence-corrected chi connectivity index (χ0v) is 16.0. The van der Waals surface area contributed by atoms with Crippen LogP contribution in [0.25, 0.3) is 0 Å². The van der Waals surface area contributed by atoms with Gasteiger partial charge in [-0.05, 0) is 57.3 Å². The van der Waals surface area contributed by atoms with Crippen LogP contribution in [0, 0.1) is 17.8 Å². The normalized spacial score (nSPS) is 44.8. The molecule has 2 saturated carbocycles. The number of hydrogen-bond acceptors (Lipinski definition) is 4. The third-order valence-electron chi connectivity index (χ3n) is 7.50. The van der Waals surface area contributed by atoms with Crippen LogP contribution in [0.5, 0.6) is 0 Å². The molecular formula is C20H36N4O. The summed E-state index contributed by atoms with van der Waals surface area (Å²) >= 11 is 0. The van der Waals surface area contributed by atoms with E-state index in [9.17, 15) is 4.79 Å². The molecule has 5 nitrogen and oxygen atoms in total. The fourth-order valence-electron chi connectivity index (χ4n) is 5.85. The van der Waals surface area contributed by atoms with Gasteiger partial charge in [0.15, 0.2) is 0 Å². The Labute approximate surface area is 152 Å². The highest BCUT2D eigenvalue weighted by Gasteiger charge is 2.49. The van der Waals surface area contributed by atoms with E-state index in [2.05, 4.69) is 34.9 Å². The third-order valence-corrected chi connectivity index (χ3v) is 7.50. The first kappa shape index (κ1) is 17.7. The summed E-state index contributed by atoms with van der Waals surface area (Å²) in [6.45, 7) is 5.39. The largest absolute Gasteiger partial charge is 0.353 e. The van der Waals surface area contributed by atoms with E-state index in [0.717, 1.165) is 31.2 Å². The Hall–Kier alpha value is -0.650. The highest BCUT2D eigenvalue weighted by atomic mass is 16.2. The van der Waals surface area contributed by atoms with Gasteiger partial charge in [-0.2, -0.15) is 0 Å². The average molecular weight is 349 g/mol. The lowest BCUT2D eigenvalue weighted by Crippen LogP contribution is -2.66. The zero-order valence-electron chi connectivity index (χ0n) is 16.0. The minimum atomic E-state index is 0.0363. The molecule has 2 heterocycles. The van der Waals surface area contributed by atoms with Crippen LogP contribution in [-0.4, -0.2) is 41.8 Å². The highest BCUT2D eigenvalue weighted by Crippen LogP contribution is 2.37. The fraction of sp³-hybridized carbons (Fsp3) is 0.950. The summed E-state index contributed by atoms with van der Waals surface area (Å²) in [7, 11) is 0. The van der Waals surface area contributed by atoms with Gasteiger partial charge in [0.1, 0.15) is 0 Å². The van der Waals surface area contributed by atoms with Crippen molar-refractivity contribution >= 4 is 5.91 Å². The van der Waals surface area contributed by atoms with E-state index in [1.54, 1.807) is 0 Å². The molecule has 0 aromatic carbocycles. The van der Waals surface area contributed by atoms with Gasteiger partial charge in [-0.25, -0.2) is 5.01 Å². The van der Waals surface area contributed by atoms with Gasteiger partial charge in [-0.1, -0.05) is 26.2 Å². The zero-order chi connectivity index (χ0) is 17.4. The first-order valence-corrected chi connectivity index (χ1v) is 10.8. The maximum absolute atomic E-state index is 13.0. The molecule has 0 aromatic heterocycles. The van der Waals surface area contributed by atoms with Crippen molar-refractivity contribution in [2.45, 2.75) is 95.9 Å². The molecular weight excluding hydrogens is 312 g/mol. The molecule has 0 aromatic rings. The van der Waals surface area contributed by atoms with Crippen molar-refractivity contribution in [2.24, 2.45) is 17.8 Å². The Morgan fingerprint density at radius 1 is 1.12 bits per heavy atom. The topological polar surface area (TPSA) is 56.4 Å². The molecule has 0 bridgehead atoms. The Bertz CT molecular complexity index is 476. The first-order valence-electron chi connectivity index (χ1n) is 10.8. The molecule has 0 spiro atoms. The summed E-state index contributed by atoms with van der Waals surface area (Å²) in [5.41, 5.74) is 3.57. The van der Waals surface area contributed by atoms with Crippen molar-refractivity contribution in [1.82, 2.24) is 21.1 Å². The monoisotopic (exact) mass is 348 g/mol. The Morgan fingerprint density at radius 2 is 1.88 bits per heavy atom. The molecule has 4 fully saturated rings. The van der Waals surface area contributed by atoms with E-state index in [0.29, 0.717) is 18.1 Å². The van der Waals surface area contributed by atoms with Crippen LogP contribution in [0.3, 0.4) is 0 Å². The lowest BCUT2D eigenvalue weighted by Gasteiger charge is -2.49. The molecule has 2 saturated heterocycles. The predicted octanol–water partition coefficient (Wildman–Crippen LogP) is 2.38. The van der Waals surface area contributed by atoms with Crippen molar-refractivity contribution in [2.75, 3.05) is 6.54 Å². The Balaban J connectivity index is 1.36. The standard InChI is InChI=1S/C20H36N4O/c1-3-14-8-10-15(11-9-14)23-20(25)17-12-21-24-18-7-5-4-6-16(18)13(2)22-19(17)24/h13-19,21-22H,3-12H2,1-2H3,(H,23,25). The molecule has 5 heteroatoms. The SMILES string of the molecule is CCC1CCC(NC(=O)C2CNN3C4CCCCC4C(C)NC23)CC1. The van der Waals surface area contributed by atoms with Crippen LogP contribution in [0.1, 0.15) is 71.6 Å². The van der Waals surface area contributed by atoms with E-state index in [4.69, 9.17) is 0 Å². The maximum Gasteiger partial charge on any atom is 0.227 e. The second-order valence-electron chi connectivity index (χ2n) is 8.93. The van der Waals surface area contributed by atoms with Crippen molar-refractivity contribution in [1.29, 1.82) is 0 Å². The van der Waals surface area contributed by atoms with Crippen LogP contribution in [0.2, 0.25) is 0 Å². The van der Waals surface area contributed by atoms with E-state index < -0.39 is 0 Å². The molecule has 5 unspecified atom stereocenters. The van der Waals surface area contributed by atoms with Gasteiger partial charge in [0.2, 0.25) is 5.91 Å². The van der Waals surface area contributed by atoms with Crippen molar-refractivity contribution in [3.8, 4) is 0 Å². The van der Waals surface area contributed by atoms with Gasteiger partial charge in [0, 0.05) is 24.7 Å². The predicted molar refractivity (Wildman–Crippen MR) is 99.6 cm³/mol. The molecule has 4 rings (SSSR count). The number of amides is 1. The Kier molecular flexibility index (Phi) is 5.35. The Morgan fingerprint density at radius 3 is 2.64 bits per heavy atom. The minimum Gasteiger partial charge on any atom is -0.353 e. The van der Waals surface area contributed by atoms with Gasteiger partial charge in [-0.15, -0.1) is 0 Å². The fourth-order valence-corrected chi connectivity index (χ4v) is 5.85. The second kappa shape index (κ2) is 7.53. The van der Waals surface area contributed by atoms with Gasteiger partial charge in [-0.3, -0.25) is 15.5 Å². The van der Waals surface area contributed by atoms with Crippen molar-refractivity contribution in [3.05, 3.63) is 0 Å². The number of nitrogens with zero attached hydrogens (tertiary/aromatic N) is 1. The van der Waals surface area contributed by atoms with Gasteiger partial charge >= 0.3 is 0 Å². The van der Waals surface area contributed by atoms with E-state index in [1.165, 1.54) is 44.9 Å². The van der Waals surface area contributed by atoms with Crippen LogP contribution >= 0.6 is 0 Å². The molecule has 4 aliphatic rings.